The van der Waals surface area contributed by atoms with E-state index in [4.69, 9.17) is 0 Å². The molecular formula is C12H16N2O5S. The van der Waals surface area contributed by atoms with E-state index in [1.807, 2.05) is 0 Å². The minimum atomic E-state index is -3.86. The summed E-state index contributed by atoms with van der Waals surface area (Å²) >= 11 is 0. The molecule has 0 spiro atoms. The van der Waals surface area contributed by atoms with Gasteiger partial charge in [-0.05, 0) is 19.1 Å². The van der Waals surface area contributed by atoms with Crippen LogP contribution < -0.4 is 0 Å². The van der Waals surface area contributed by atoms with Crippen LogP contribution in [-0.2, 0) is 10.0 Å². The van der Waals surface area contributed by atoms with Gasteiger partial charge in [-0.3, -0.25) is 10.1 Å². The second-order valence-corrected chi connectivity index (χ2v) is 6.23. The van der Waals surface area contributed by atoms with Gasteiger partial charge in [0.25, 0.3) is 0 Å². The molecule has 0 heterocycles. The van der Waals surface area contributed by atoms with Gasteiger partial charge in [0.2, 0.25) is 10.0 Å². The highest BCUT2D eigenvalue weighted by Gasteiger charge is 2.26. The molecule has 1 N–H and O–H groups in total. The molecule has 0 aliphatic carbocycles. The zero-order chi connectivity index (χ0) is 15.5. The van der Waals surface area contributed by atoms with Gasteiger partial charge in [-0.15, -0.1) is 0 Å². The monoisotopic (exact) mass is 300 g/mol. The van der Waals surface area contributed by atoms with E-state index in [0.717, 1.165) is 22.5 Å². The average molecular weight is 300 g/mol. The molecule has 0 aromatic heterocycles. The van der Waals surface area contributed by atoms with E-state index in [-0.39, 0.29) is 18.0 Å². The van der Waals surface area contributed by atoms with Crippen LogP contribution in [-0.4, -0.2) is 35.8 Å². The Morgan fingerprint density at radius 1 is 1.50 bits per heavy atom. The first-order valence-electron chi connectivity index (χ1n) is 5.82. The molecule has 20 heavy (non-hydrogen) atoms. The van der Waals surface area contributed by atoms with E-state index in [0.29, 0.717) is 5.57 Å². The normalized spacial score (nSPS) is 11.6. The predicted octanol–water partition coefficient (Wildman–Crippen LogP) is 1.89. The summed E-state index contributed by atoms with van der Waals surface area (Å²) in [6.07, 6.45) is 0. The van der Waals surface area contributed by atoms with E-state index in [9.17, 15) is 23.6 Å². The molecule has 1 rings (SSSR count). The number of aromatic hydroxyl groups is 1. The smallest absolute Gasteiger partial charge is 0.312 e. The molecule has 110 valence electrons. The molecule has 0 fully saturated rings. The quantitative estimate of drug-likeness (QED) is 0.491. The number of hydrogen-bond donors (Lipinski definition) is 1. The molecule has 0 saturated carbocycles. The Bertz CT molecular complexity index is 639. The van der Waals surface area contributed by atoms with Crippen molar-refractivity contribution >= 4 is 15.7 Å². The third kappa shape index (κ3) is 3.34. The fraction of sp³-hybridized carbons (Fsp3) is 0.333. The summed E-state index contributed by atoms with van der Waals surface area (Å²) in [5, 5.41) is 20.1. The molecule has 1 aromatic rings. The summed E-state index contributed by atoms with van der Waals surface area (Å²) in [6, 6.07) is 2.99. The van der Waals surface area contributed by atoms with Crippen LogP contribution >= 0.6 is 0 Å². The SMILES string of the molecule is C=C(C)CN(CC)S(=O)(=O)c1ccc(O)c([N+](=O)[O-])c1. The van der Waals surface area contributed by atoms with E-state index in [1.165, 1.54) is 0 Å². The highest BCUT2D eigenvalue weighted by Crippen LogP contribution is 2.29. The third-order valence-electron chi connectivity index (χ3n) is 2.58. The molecule has 0 saturated heterocycles. The number of hydrogen-bond acceptors (Lipinski definition) is 5. The summed E-state index contributed by atoms with van der Waals surface area (Å²) in [5.74, 6) is -0.572. The molecule has 0 unspecified atom stereocenters. The second kappa shape index (κ2) is 6.02. The minimum Gasteiger partial charge on any atom is -0.502 e. The van der Waals surface area contributed by atoms with Crippen molar-refractivity contribution in [2.45, 2.75) is 18.7 Å². The Labute approximate surface area is 117 Å². The minimum absolute atomic E-state index is 0.132. The Balaban J connectivity index is 3.31. The van der Waals surface area contributed by atoms with Crippen LogP contribution in [0.2, 0.25) is 0 Å². The fourth-order valence-corrected chi connectivity index (χ4v) is 3.16. The van der Waals surface area contributed by atoms with Gasteiger partial charge in [0.1, 0.15) is 0 Å². The van der Waals surface area contributed by atoms with Gasteiger partial charge in [-0.2, -0.15) is 4.31 Å². The number of nitro groups is 1. The first-order chi connectivity index (χ1) is 9.20. The Morgan fingerprint density at radius 3 is 2.55 bits per heavy atom. The highest BCUT2D eigenvalue weighted by molar-refractivity contribution is 7.89. The molecule has 0 amide bonds. The van der Waals surface area contributed by atoms with E-state index >= 15 is 0 Å². The van der Waals surface area contributed by atoms with Gasteiger partial charge in [0.15, 0.2) is 5.75 Å². The lowest BCUT2D eigenvalue weighted by molar-refractivity contribution is -0.386. The van der Waals surface area contributed by atoms with Crippen LogP contribution in [0.4, 0.5) is 5.69 Å². The third-order valence-corrected chi connectivity index (χ3v) is 4.50. The average Bonchev–Trinajstić information content (AvgIpc) is 2.35. The molecule has 1 aromatic carbocycles. The Kier molecular flexibility index (Phi) is 4.85. The highest BCUT2D eigenvalue weighted by atomic mass is 32.2. The number of sulfonamides is 1. The standard InChI is InChI=1S/C12H16N2O5S/c1-4-13(8-9(2)3)20(18,19)10-5-6-12(15)11(7-10)14(16)17/h5-7,15H,2,4,8H2,1,3H3. The molecule has 0 radical (unpaired) electrons. The number of phenols is 1. The van der Waals surface area contributed by atoms with E-state index in [1.54, 1.807) is 13.8 Å². The number of nitrogens with zero attached hydrogens (tertiary/aromatic N) is 2. The van der Waals surface area contributed by atoms with Gasteiger partial charge >= 0.3 is 5.69 Å². The van der Waals surface area contributed by atoms with Crippen molar-refractivity contribution in [2.24, 2.45) is 0 Å². The van der Waals surface area contributed by atoms with Crippen LogP contribution in [0.3, 0.4) is 0 Å². The predicted molar refractivity (Wildman–Crippen MR) is 74.0 cm³/mol. The molecule has 8 heteroatoms. The number of phenolic OH excluding ortho intramolecular Hbond substituents is 1. The lowest BCUT2D eigenvalue weighted by atomic mass is 10.3. The summed E-state index contributed by atoms with van der Waals surface area (Å²) in [6.45, 7) is 7.35. The molecular weight excluding hydrogens is 284 g/mol. The van der Waals surface area contributed by atoms with Gasteiger partial charge in [-0.1, -0.05) is 19.1 Å². The van der Waals surface area contributed by atoms with Crippen LogP contribution in [0.5, 0.6) is 5.75 Å². The van der Waals surface area contributed by atoms with Crippen molar-refractivity contribution < 1.29 is 18.4 Å². The van der Waals surface area contributed by atoms with Gasteiger partial charge < -0.3 is 5.11 Å². The maximum absolute atomic E-state index is 12.4. The zero-order valence-electron chi connectivity index (χ0n) is 11.2. The van der Waals surface area contributed by atoms with Crippen molar-refractivity contribution in [1.29, 1.82) is 0 Å². The maximum atomic E-state index is 12.4. The maximum Gasteiger partial charge on any atom is 0.312 e. The Morgan fingerprint density at radius 2 is 2.10 bits per heavy atom. The lowest BCUT2D eigenvalue weighted by Crippen LogP contribution is -2.32. The summed E-state index contributed by atoms with van der Waals surface area (Å²) in [4.78, 5) is 9.68. The van der Waals surface area contributed by atoms with Crippen molar-refractivity contribution in [2.75, 3.05) is 13.1 Å². The lowest BCUT2D eigenvalue weighted by Gasteiger charge is -2.20. The van der Waals surface area contributed by atoms with Crippen molar-refractivity contribution in [3.8, 4) is 5.75 Å². The molecule has 0 bridgehead atoms. The number of rotatable bonds is 6. The van der Waals surface area contributed by atoms with Gasteiger partial charge in [0, 0.05) is 19.2 Å². The fourth-order valence-electron chi connectivity index (χ4n) is 1.63. The van der Waals surface area contributed by atoms with E-state index < -0.39 is 26.4 Å². The topological polar surface area (TPSA) is 101 Å². The van der Waals surface area contributed by atoms with Crippen LogP contribution in [0, 0.1) is 10.1 Å². The van der Waals surface area contributed by atoms with Crippen molar-refractivity contribution in [1.82, 2.24) is 4.31 Å². The summed E-state index contributed by atoms with van der Waals surface area (Å²) in [7, 11) is -3.86. The molecule has 7 nitrogen and oxygen atoms in total. The van der Waals surface area contributed by atoms with Gasteiger partial charge in [0.05, 0.1) is 9.82 Å². The molecule has 0 atom stereocenters. The van der Waals surface area contributed by atoms with E-state index in [2.05, 4.69) is 6.58 Å². The van der Waals surface area contributed by atoms with Crippen molar-refractivity contribution in [3.63, 3.8) is 0 Å². The van der Waals surface area contributed by atoms with Crippen LogP contribution in [0.25, 0.3) is 0 Å². The Hall–Kier alpha value is -1.93. The number of benzene rings is 1. The first kappa shape index (κ1) is 16.1. The largest absolute Gasteiger partial charge is 0.502 e. The second-order valence-electron chi connectivity index (χ2n) is 4.30. The summed E-state index contributed by atoms with van der Waals surface area (Å²) < 4.78 is 25.9. The molecule has 0 aliphatic heterocycles. The zero-order valence-corrected chi connectivity index (χ0v) is 12.1. The first-order valence-corrected chi connectivity index (χ1v) is 7.26. The van der Waals surface area contributed by atoms with Crippen LogP contribution in [0.15, 0.2) is 35.2 Å². The number of nitro benzene ring substituents is 1. The molecule has 0 aliphatic rings. The van der Waals surface area contributed by atoms with Gasteiger partial charge in [-0.25, -0.2) is 8.42 Å². The van der Waals surface area contributed by atoms with Crippen LogP contribution in [0.1, 0.15) is 13.8 Å². The summed E-state index contributed by atoms with van der Waals surface area (Å²) in [5.41, 5.74) is 0.0150. The number of likely N-dealkylation sites (N-methyl/N-ethyl adjacent to an activating group) is 1. The van der Waals surface area contributed by atoms with Crippen molar-refractivity contribution in [3.05, 3.63) is 40.5 Å².